The molecular formula is C24H18F3N5O2. The van der Waals surface area contributed by atoms with Gasteiger partial charge in [-0.1, -0.05) is 12.1 Å². The lowest BCUT2D eigenvalue weighted by Crippen LogP contribution is -2.27. The molecule has 1 amide bonds. The van der Waals surface area contributed by atoms with E-state index in [1.807, 2.05) is 30.3 Å². The highest BCUT2D eigenvalue weighted by molar-refractivity contribution is 6.03. The van der Waals surface area contributed by atoms with Crippen LogP contribution < -0.4 is 4.74 Å². The third kappa shape index (κ3) is 4.09. The van der Waals surface area contributed by atoms with E-state index in [-0.39, 0.29) is 17.5 Å². The van der Waals surface area contributed by atoms with Crippen molar-refractivity contribution in [3.05, 3.63) is 90.3 Å². The zero-order chi connectivity index (χ0) is 23.7. The molecule has 1 aliphatic rings. The number of nitrogens with zero attached hydrogens (tertiary/aromatic N) is 5. The number of likely N-dealkylation sites (tertiary alicyclic amines) is 1. The summed E-state index contributed by atoms with van der Waals surface area (Å²) in [6.45, 7) is 0.462. The van der Waals surface area contributed by atoms with Crippen LogP contribution in [0.2, 0.25) is 0 Å². The molecule has 34 heavy (non-hydrogen) atoms. The first-order valence-electron chi connectivity index (χ1n) is 10.5. The molecule has 4 aromatic heterocycles. The Morgan fingerprint density at radius 1 is 1.06 bits per heavy atom. The standard InChI is InChI=1S/C24H18F3N5O2/c25-24(26,27)16-9-10-20(29-14-16)34-15-17-6-5-12-31(17)23(33)22-21(18-7-1-3-11-28-18)19-8-2-4-13-32(19)30-22/h1-4,7-11,13-15H,5-6,12H2/b17-15+. The molecule has 10 heteroatoms. The average molecular weight is 465 g/mol. The van der Waals surface area contributed by atoms with E-state index in [0.29, 0.717) is 42.5 Å². The third-order valence-corrected chi connectivity index (χ3v) is 5.45. The maximum atomic E-state index is 13.6. The summed E-state index contributed by atoms with van der Waals surface area (Å²) in [6.07, 6.45) is 2.29. The topological polar surface area (TPSA) is 72.6 Å². The first-order chi connectivity index (χ1) is 16.4. The highest BCUT2D eigenvalue weighted by atomic mass is 19.4. The monoisotopic (exact) mass is 465 g/mol. The van der Waals surface area contributed by atoms with Gasteiger partial charge in [0.15, 0.2) is 5.69 Å². The summed E-state index contributed by atoms with van der Waals surface area (Å²) in [7, 11) is 0. The number of allylic oxidation sites excluding steroid dienone is 1. The molecule has 1 aliphatic heterocycles. The lowest BCUT2D eigenvalue weighted by atomic mass is 10.1. The van der Waals surface area contributed by atoms with E-state index in [2.05, 4.69) is 15.1 Å². The van der Waals surface area contributed by atoms with E-state index in [1.165, 1.54) is 6.26 Å². The number of halogens is 3. The molecule has 0 atom stereocenters. The second-order valence-electron chi connectivity index (χ2n) is 7.64. The lowest BCUT2D eigenvalue weighted by Gasteiger charge is -2.17. The van der Waals surface area contributed by atoms with Crippen LogP contribution in [0.1, 0.15) is 28.9 Å². The fourth-order valence-electron chi connectivity index (χ4n) is 3.84. The van der Waals surface area contributed by atoms with Gasteiger partial charge in [0.05, 0.1) is 28.0 Å². The Labute approximate surface area is 192 Å². The van der Waals surface area contributed by atoms with Crippen LogP contribution in [0.25, 0.3) is 16.8 Å². The third-order valence-electron chi connectivity index (χ3n) is 5.45. The molecule has 5 heterocycles. The van der Waals surface area contributed by atoms with Gasteiger partial charge >= 0.3 is 6.18 Å². The van der Waals surface area contributed by atoms with Gasteiger partial charge in [0, 0.05) is 31.2 Å². The van der Waals surface area contributed by atoms with Crippen molar-refractivity contribution in [1.82, 2.24) is 24.5 Å². The Hall–Kier alpha value is -4.21. The number of aromatic nitrogens is 4. The molecule has 0 unspecified atom stereocenters. The normalized spacial score (nSPS) is 15.3. The van der Waals surface area contributed by atoms with Crippen LogP contribution in [0.5, 0.6) is 5.88 Å². The molecule has 0 radical (unpaired) electrons. The molecular weight excluding hydrogens is 447 g/mol. The van der Waals surface area contributed by atoms with Crippen LogP contribution in [0.15, 0.2) is 79.1 Å². The predicted octanol–water partition coefficient (Wildman–Crippen LogP) is 4.97. The smallest absolute Gasteiger partial charge is 0.417 e. The van der Waals surface area contributed by atoms with Gasteiger partial charge < -0.3 is 9.64 Å². The van der Waals surface area contributed by atoms with Gasteiger partial charge in [0.2, 0.25) is 5.88 Å². The van der Waals surface area contributed by atoms with Crippen LogP contribution in [0.3, 0.4) is 0 Å². The van der Waals surface area contributed by atoms with Crippen LogP contribution >= 0.6 is 0 Å². The fraction of sp³-hybridized carbons (Fsp3) is 0.167. The molecule has 1 fully saturated rings. The van der Waals surface area contributed by atoms with Gasteiger partial charge in [-0.15, -0.1) is 0 Å². The summed E-state index contributed by atoms with van der Waals surface area (Å²) in [5.41, 5.74) is 1.99. The van der Waals surface area contributed by atoms with E-state index in [0.717, 1.165) is 17.6 Å². The Morgan fingerprint density at radius 3 is 2.65 bits per heavy atom. The number of carbonyl (C=O) groups excluding carboxylic acids is 1. The molecule has 0 aromatic carbocycles. The summed E-state index contributed by atoms with van der Waals surface area (Å²) in [5.74, 6) is -0.307. The minimum absolute atomic E-state index is 0.00158. The minimum atomic E-state index is -4.47. The second-order valence-corrected chi connectivity index (χ2v) is 7.64. The average Bonchev–Trinajstić information content (AvgIpc) is 3.47. The van der Waals surface area contributed by atoms with Crippen molar-refractivity contribution in [2.45, 2.75) is 19.0 Å². The Balaban J connectivity index is 1.45. The van der Waals surface area contributed by atoms with Gasteiger partial charge in [0.25, 0.3) is 5.91 Å². The number of rotatable bonds is 4. The Bertz CT molecular complexity index is 1370. The maximum absolute atomic E-state index is 13.6. The van der Waals surface area contributed by atoms with Crippen LogP contribution in [0, 0.1) is 0 Å². The van der Waals surface area contributed by atoms with Crippen LogP contribution in [-0.4, -0.2) is 36.9 Å². The molecule has 0 saturated carbocycles. The molecule has 4 aromatic rings. The number of fused-ring (bicyclic) bond motifs is 1. The molecule has 0 N–H and O–H groups in total. The molecule has 172 valence electrons. The highest BCUT2D eigenvalue weighted by Crippen LogP contribution is 2.32. The van der Waals surface area contributed by atoms with Crippen molar-refractivity contribution in [3.8, 4) is 17.1 Å². The van der Waals surface area contributed by atoms with Crippen molar-refractivity contribution in [3.63, 3.8) is 0 Å². The molecule has 0 spiro atoms. The van der Waals surface area contributed by atoms with Crippen molar-refractivity contribution in [2.24, 2.45) is 0 Å². The first kappa shape index (κ1) is 21.6. The van der Waals surface area contributed by atoms with E-state index >= 15 is 0 Å². The predicted molar refractivity (Wildman–Crippen MR) is 117 cm³/mol. The molecule has 0 bridgehead atoms. The quantitative estimate of drug-likeness (QED) is 0.398. The number of amides is 1. The largest absolute Gasteiger partial charge is 0.445 e. The Morgan fingerprint density at radius 2 is 1.91 bits per heavy atom. The summed E-state index contributed by atoms with van der Waals surface area (Å²) in [4.78, 5) is 23.3. The maximum Gasteiger partial charge on any atom is 0.417 e. The first-order valence-corrected chi connectivity index (χ1v) is 10.5. The summed E-state index contributed by atoms with van der Waals surface area (Å²) >= 11 is 0. The highest BCUT2D eigenvalue weighted by Gasteiger charge is 2.32. The van der Waals surface area contributed by atoms with Gasteiger partial charge in [-0.3, -0.25) is 9.78 Å². The number of pyridine rings is 3. The van der Waals surface area contributed by atoms with Gasteiger partial charge in [-0.25, -0.2) is 9.50 Å². The van der Waals surface area contributed by atoms with E-state index in [4.69, 9.17) is 4.74 Å². The number of carbonyl (C=O) groups is 1. The van der Waals surface area contributed by atoms with E-state index in [9.17, 15) is 18.0 Å². The number of ether oxygens (including phenoxy) is 1. The molecule has 0 aliphatic carbocycles. The lowest BCUT2D eigenvalue weighted by molar-refractivity contribution is -0.137. The minimum Gasteiger partial charge on any atom is -0.445 e. The fourth-order valence-corrected chi connectivity index (χ4v) is 3.84. The summed E-state index contributed by atoms with van der Waals surface area (Å²) in [6, 6.07) is 13.1. The summed E-state index contributed by atoms with van der Waals surface area (Å²) in [5, 5.41) is 4.52. The van der Waals surface area contributed by atoms with Crippen molar-refractivity contribution >= 4 is 11.4 Å². The van der Waals surface area contributed by atoms with E-state index in [1.54, 1.807) is 27.9 Å². The SMILES string of the molecule is O=C(c1nn2ccccc2c1-c1ccccn1)N1CCC/C1=C\Oc1ccc(C(F)(F)F)cn1. The zero-order valence-corrected chi connectivity index (χ0v) is 17.7. The number of alkyl halides is 3. The zero-order valence-electron chi connectivity index (χ0n) is 17.7. The van der Waals surface area contributed by atoms with E-state index < -0.39 is 11.7 Å². The van der Waals surface area contributed by atoms with Gasteiger partial charge in [-0.2, -0.15) is 18.3 Å². The molecule has 7 nitrogen and oxygen atoms in total. The van der Waals surface area contributed by atoms with Gasteiger partial charge in [0.1, 0.15) is 6.26 Å². The van der Waals surface area contributed by atoms with Crippen LogP contribution in [0.4, 0.5) is 13.2 Å². The van der Waals surface area contributed by atoms with Gasteiger partial charge in [-0.05, 0) is 43.2 Å². The number of hydrogen-bond acceptors (Lipinski definition) is 5. The van der Waals surface area contributed by atoms with Crippen molar-refractivity contribution in [2.75, 3.05) is 6.54 Å². The molecule has 5 rings (SSSR count). The molecule has 1 saturated heterocycles. The second kappa shape index (κ2) is 8.62. The summed E-state index contributed by atoms with van der Waals surface area (Å²) < 4.78 is 45.3. The number of hydrogen-bond donors (Lipinski definition) is 0. The van der Waals surface area contributed by atoms with Crippen molar-refractivity contribution in [1.29, 1.82) is 0 Å². The van der Waals surface area contributed by atoms with Crippen molar-refractivity contribution < 1.29 is 22.7 Å². The Kier molecular flexibility index (Phi) is 5.48. The van der Waals surface area contributed by atoms with Crippen LogP contribution in [-0.2, 0) is 6.18 Å².